The van der Waals surface area contributed by atoms with Crippen LogP contribution in [0.5, 0.6) is 0 Å². The predicted molar refractivity (Wildman–Crippen MR) is 103 cm³/mol. The minimum absolute atomic E-state index is 0. The van der Waals surface area contributed by atoms with Gasteiger partial charge in [-0.3, -0.25) is 14.7 Å². The first-order chi connectivity index (χ1) is 12.0. The average Bonchev–Trinajstić information content (AvgIpc) is 3.01. The molecule has 0 spiro atoms. The van der Waals surface area contributed by atoms with Crippen molar-refractivity contribution in [3.8, 4) is 0 Å². The molecule has 26 heavy (non-hydrogen) atoms. The lowest BCUT2D eigenvalue weighted by atomic mass is 10.1. The first-order valence-electron chi connectivity index (χ1n) is 7.73. The van der Waals surface area contributed by atoms with Crippen molar-refractivity contribution < 1.29 is 9.59 Å². The molecule has 1 aromatic heterocycles. The molecule has 3 N–H and O–H groups in total. The summed E-state index contributed by atoms with van der Waals surface area (Å²) in [6.07, 6.45) is 0.803. The van der Waals surface area contributed by atoms with E-state index < -0.39 is 0 Å². The highest BCUT2D eigenvalue weighted by Gasteiger charge is 2.24. The summed E-state index contributed by atoms with van der Waals surface area (Å²) in [6, 6.07) is 4.79. The number of nitrogens with one attached hydrogen (secondary N) is 3. The largest absolute Gasteiger partial charge is 0.331 e. The van der Waals surface area contributed by atoms with E-state index in [4.69, 9.17) is 23.2 Å². The molecule has 0 bridgehead atoms. The fraction of sp³-hybridized carbons (Fsp3) is 0.312. The SMILES string of the molecule is CN(CC(=O)Nc1ccc(Cl)c(Cl)c1)C(=O)c1n[nH]c2c1CNCC2.Cl. The van der Waals surface area contributed by atoms with Crippen molar-refractivity contribution in [3.05, 3.63) is 45.2 Å². The molecule has 0 unspecified atom stereocenters. The molecule has 0 atom stereocenters. The number of H-pyrrole nitrogens is 1. The Bertz CT molecular complexity index is 824. The number of amides is 2. The first-order valence-corrected chi connectivity index (χ1v) is 8.48. The second-order valence-corrected chi connectivity index (χ2v) is 6.61. The lowest BCUT2D eigenvalue weighted by Crippen LogP contribution is -2.36. The normalized spacial score (nSPS) is 12.7. The van der Waals surface area contributed by atoms with Gasteiger partial charge in [0.2, 0.25) is 5.91 Å². The third kappa shape index (κ3) is 4.48. The lowest BCUT2D eigenvalue weighted by molar-refractivity contribution is -0.116. The number of likely N-dealkylation sites (N-methyl/N-ethyl adjacent to an activating group) is 1. The van der Waals surface area contributed by atoms with E-state index in [1.807, 2.05) is 0 Å². The molecule has 7 nitrogen and oxygen atoms in total. The van der Waals surface area contributed by atoms with Crippen LogP contribution in [0, 0.1) is 0 Å². The van der Waals surface area contributed by atoms with Crippen LogP contribution in [0.15, 0.2) is 18.2 Å². The van der Waals surface area contributed by atoms with E-state index in [2.05, 4.69) is 20.8 Å². The van der Waals surface area contributed by atoms with Crippen molar-refractivity contribution in [2.45, 2.75) is 13.0 Å². The highest BCUT2D eigenvalue weighted by Crippen LogP contribution is 2.25. The number of nitrogens with zero attached hydrogens (tertiary/aromatic N) is 2. The Kier molecular flexibility index (Phi) is 6.88. The molecule has 1 aliphatic rings. The van der Waals surface area contributed by atoms with Gasteiger partial charge in [-0.15, -0.1) is 12.4 Å². The monoisotopic (exact) mass is 417 g/mol. The Morgan fingerprint density at radius 1 is 1.31 bits per heavy atom. The second-order valence-electron chi connectivity index (χ2n) is 5.79. The van der Waals surface area contributed by atoms with Gasteiger partial charge in [-0.25, -0.2) is 0 Å². The van der Waals surface area contributed by atoms with Crippen LogP contribution >= 0.6 is 35.6 Å². The van der Waals surface area contributed by atoms with Crippen LogP contribution < -0.4 is 10.6 Å². The summed E-state index contributed by atoms with van der Waals surface area (Å²) in [5.41, 5.74) is 2.71. The van der Waals surface area contributed by atoms with Gasteiger partial charge in [0, 0.05) is 43.5 Å². The number of aromatic nitrogens is 2. The number of anilines is 1. The zero-order chi connectivity index (χ0) is 18.0. The summed E-state index contributed by atoms with van der Waals surface area (Å²) >= 11 is 11.8. The third-order valence-corrected chi connectivity index (χ3v) is 4.68. The highest BCUT2D eigenvalue weighted by atomic mass is 35.5. The smallest absolute Gasteiger partial charge is 0.274 e. The van der Waals surface area contributed by atoms with Crippen LogP contribution in [0.1, 0.15) is 21.7 Å². The molecule has 2 heterocycles. The first kappa shape index (κ1) is 20.5. The Labute approximate surface area is 166 Å². The van der Waals surface area contributed by atoms with Crippen LogP contribution in [0.2, 0.25) is 10.0 Å². The quantitative estimate of drug-likeness (QED) is 0.711. The van der Waals surface area contributed by atoms with Crippen LogP contribution in [-0.2, 0) is 17.8 Å². The Hall–Kier alpha value is -1.80. The molecule has 2 amide bonds. The van der Waals surface area contributed by atoms with Gasteiger partial charge < -0.3 is 15.5 Å². The van der Waals surface area contributed by atoms with Crippen LogP contribution in [-0.4, -0.2) is 47.0 Å². The van der Waals surface area contributed by atoms with Crippen molar-refractivity contribution in [3.63, 3.8) is 0 Å². The molecule has 0 saturated heterocycles. The number of fused-ring (bicyclic) bond motifs is 1. The summed E-state index contributed by atoms with van der Waals surface area (Å²) in [5, 5.41) is 13.7. The molecular weight excluding hydrogens is 401 g/mol. The summed E-state index contributed by atoms with van der Waals surface area (Å²) < 4.78 is 0. The average molecular weight is 419 g/mol. The fourth-order valence-corrected chi connectivity index (χ4v) is 2.94. The molecule has 0 fully saturated rings. The molecule has 0 aliphatic carbocycles. The third-order valence-electron chi connectivity index (χ3n) is 3.94. The molecule has 10 heteroatoms. The number of benzene rings is 1. The van der Waals surface area contributed by atoms with E-state index in [9.17, 15) is 9.59 Å². The second kappa shape index (κ2) is 8.73. The Morgan fingerprint density at radius 3 is 2.81 bits per heavy atom. The molecular formula is C16H18Cl3N5O2. The topological polar surface area (TPSA) is 90.1 Å². The van der Waals surface area contributed by atoms with Gasteiger partial charge in [0.15, 0.2) is 5.69 Å². The number of carbonyl (C=O) groups excluding carboxylic acids is 2. The highest BCUT2D eigenvalue weighted by molar-refractivity contribution is 6.42. The molecule has 1 aromatic carbocycles. The zero-order valence-electron chi connectivity index (χ0n) is 13.9. The Morgan fingerprint density at radius 2 is 2.08 bits per heavy atom. The summed E-state index contributed by atoms with van der Waals surface area (Å²) in [4.78, 5) is 26.1. The van der Waals surface area contributed by atoms with Gasteiger partial charge in [0.05, 0.1) is 16.6 Å². The van der Waals surface area contributed by atoms with Gasteiger partial charge in [0.25, 0.3) is 5.91 Å². The Balaban J connectivity index is 0.00000243. The maximum Gasteiger partial charge on any atom is 0.274 e. The van der Waals surface area contributed by atoms with Gasteiger partial charge in [-0.05, 0) is 18.2 Å². The molecule has 0 saturated carbocycles. The van der Waals surface area contributed by atoms with E-state index in [-0.39, 0.29) is 30.8 Å². The van der Waals surface area contributed by atoms with E-state index in [1.165, 1.54) is 4.90 Å². The van der Waals surface area contributed by atoms with E-state index in [1.54, 1.807) is 25.2 Å². The maximum atomic E-state index is 12.6. The van der Waals surface area contributed by atoms with Crippen LogP contribution in [0.3, 0.4) is 0 Å². The molecule has 2 aromatic rings. The van der Waals surface area contributed by atoms with Gasteiger partial charge in [-0.2, -0.15) is 5.10 Å². The van der Waals surface area contributed by atoms with Gasteiger partial charge in [-0.1, -0.05) is 23.2 Å². The van der Waals surface area contributed by atoms with Crippen molar-refractivity contribution in [1.82, 2.24) is 20.4 Å². The van der Waals surface area contributed by atoms with E-state index in [0.29, 0.717) is 28.0 Å². The number of rotatable bonds is 4. The molecule has 140 valence electrons. The van der Waals surface area contributed by atoms with E-state index in [0.717, 1.165) is 24.2 Å². The number of hydrogen-bond acceptors (Lipinski definition) is 4. The lowest BCUT2D eigenvalue weighted by Gasteiger charge is -2.18. The molecule has 0 radical (unpaired) electrons. The van der Waals surface area contributed by atoms with Crippen molar-refractivity contribution >= 4 is 53.1 Å². The summed E-state index contributed by atoms with van der Waals surface area (Å²) in [6.45, 7) is 1.34. The minimum Gasteiger partial charge on any atom is -0.331 e. The molecule has 3 rings (SSSR count). The summed E-state index contributed by atoms with van der Waals surface area (Å²) in [5.74, 6) is -0.637. The minimum atomic E-state index is -0.336. The number of carbonyl (C=O) groups is 2. The van der Waals surface area contributed by atoms with Crippen molar-refractivity contribution in [1.29, 1.82) is 0 Å². The van der Waals surface area contributed by atoms with Crippen molar-refractivity contribution in [2.75, 3.05) is 25.5 Å². The van der Waals surface area contributed by atoms with Crippen molar-refractivity contribution in [2.24, 2.45) is 0 Å². The zero-order valence-corrected chi connectivity index (χ0v) is 16.3. The van der Waals surface area contributed by atoms with Gasteiger partial charge in [0.1, 0.15) is 0 Å². The van der Waals surface area contributed by atoms with Crippen LogP contribution in [0.4, 0.5) is 5.69 Å². The van der Waals surface area contributed by atoms with E-state index >= 15 is 0 Å². The number of aromatic amines is 1. The maximum absolute atomic E-state index is 12.6. The molecule has 1 aliphatic heterocycles. The van der Waals surface area contributed by atoms with Gasteiger partial charge >= 0.3 is 0 Å². The standard InChI is InChI=1S/C16H17Cl2N5O2.ClH/c1-23(8-14(24)20-9-2-3-11(17)12(18)6-9)16(25)15-10-7-19-5-4-13(10)21-22-15;/h2-3,6,19H,4-5,7-8H2,1H3,(H,20,24)(H,21,22);1H. The summed E-state index contributed by atoms with van der Waals surface area (Å²) in [7, 11) is 1.56. The number of halogens is 3. The number of hydrogen-bond donors (Lipinski definition) is 3. The fourth-order valence-electron chi connectivity index (χ4n) is 2.64. The predicted octanol–water partition coefficient (Wildman–Crippen LogP) is 2.49. The van der Waals surface area contributed by atoms with Crippen LogP contribution in [0.25, 0.3) is 0 Å².